The molecule has 1 atom stereocenters. The van der Waals surface area contributed by atoms with Gasteiger partial charge in [-0.2, -0.15) is 0 Å². The molecule has 86 valence electrons. The van der Waals surface area contributed by atoms with Crippen molar-refractivity contribution in [2.45, 2.75) is 25.4 Å². The Morgan fingerprint density at radius 3 is 3.19 bits per heavy atom. The summed E-state index contributed by atoms with van der Waals surface area (Å²) in [6.07, 6.45) is 5.59. The molecular formula is C12H15NO3. The Hall–Kier alpha value is -1.71. The first-order valence-corrected chi connectivity index (χ1v) is 5.35. The largest absolute Gasteiger partial charge is 0.501 e. The Bertz CT molecular complexity index is 381. The molecule has 0 fully saturated rings. The predicted molar refractivity (Wildman–Crippen MR) is 58.7 cm³/mol. The fraction of sp³-hybridized carbons (Fsp3) is 0.417. The fourth-order valence-electron chi connectivity index (χ4n) is 1.80. The van der Waals surface area contributed by atoms with Gasteiger partial charge < -0.3 is 14.5 Å². The summed E-state index contributed by atoms with van der Waals surface area (Å²) in [5, 5.41) is 0. The number of cyclic esters (lactones) is 1. The fourth-order valence-corrected chi connectivity index (χ4v) is 1.80. The second-order valence-electron chi connectivity index (χ2n) is 3.81. The number of aromatic nitrogens is 1. The number of ether oxygens (including phenoxy) is 2. The molecule has 1 aliphatic rings. The van der Waals surface area contributed by atoms with Crippen LogP contribution in [0, 0.1) is 0 Å². The lowest BCUT2D eigenvalue weighted by Gasteiger charge is -2.21. The summed E-state index contributed by atoms with van der Waals surface area (Å²) in [5.74, 6) is 0.396. The van der Waals surface area contributed by atoms with E-state index in [2.05, 4.69) is 4.98 Å². The van der Waals surface area contributed by atoms with E-state index in [0.29, 0.717) is 12.2 Å². The van der Waals surface area contributed by atoms with E-state index < -0.39 is 0 Å². The third-order valence-corrected chi connectivity index (χ3v) is 2.65. The highest BCUT2D eigenvalue weighted by molar-refractivity contribution is 5.83. The number of aromatic amines is 1. The van der Waals surface area contributed by atoms with Gasteiger partial charge in [0.05, 0.1) is 13.2 Å². The Balaban J connectivity index is 1.87. The molecule has 1 unspecified atom stereocenters. The van der Waals surface area contributed by atoms with Crippen molar-refractivity contribution in [3.05, 3.63) is 35.9 Å². The topological polar surface area (TPSA) is 51.3 Å². The monoisotopic (exact) mass is 221 g/mol. The van der Waals surface area contributed by atoms with Crippen LogP contribution in [0.3, 0.4) is 0 Å². The first kappa shape index (κ1) is 10.8. The number of hydrogen-bond acceptors (Lipinski definition) is 3. The van der Waals surface area contributed by atoms with Crippen LogP contribution in [0.2, 0.25) is 0 Å². The van der Waals surface area contributed by atoms with Crippen LogP contribution in [-0.2, 0) is 20.7 Å². The third-order valence-electron chi connectivity index (χ3n) is 2.65. The molecular weight excluding hydrogens is 206 g/mol. The molecule has 0 saturated heterocycles. The van der Waals surface area contributed by atoms with E-state index in [-0.39, 0.29) is 12.1 Å². The molecule has 2 rings (SSSR count). The number of H-pyrrole nitrogens is 1. The first-order chi connectivity index (χ1) is 7.78. The van der Waals surface area contributed by atoms with Gasteiger partial charge in [0.25, 0.3) is 0 Å². The summed E-state index contributed by atoms with van der Waals surface area (Å²) in [4.78, 5) is 14.3. The summed E-state index contributed by atoms with van der Waals surface area (Å²) < 4.78 is 10.3. The molecule has 0 aromatic carbocycles. The van der Waals surface area contributed by atoms with Crippen LogP contribution >= 0.6 is 0 Å². The predicted octanol–water partition coefficient (Wildman–Crippen LogP) is 1.79. The van der Waals surface area contributed by atoms with Crippen LogP contribution in [0.5, 0.6) is 0 Å². The molecule has 0 bridgehead atoms. The van der Waals surface area contributed by atoms with Crippen molar-refractivity contribution < 1.29 is 14.3 Å². The molecule has 16 heavy (non-hydrogen) atoms. The number of esters is 1. The van der Waals surface area contributed by atoms with Gasteiger partial charge in [0.2, 0.25) is 0 Å². The molecule has 4 heteroatoms. The van der Waals surface area contributed by atoms with E-state index in [1.807, 2.05) is 18.3 Å². The van der Waals surface area contributed by atoms with Crippen molar-refractivity contribution >= 4 is 5.97 Å². The van der Waals surface area contributed by atoms with Crippen LogP contribution in [-0.4, -0.2) is 24.2 Å². The van der Waals surface area contributed by atoms with E-state index in [1.54, 1.807) is 7.11 Å². The van der Waals surface area contributed by atoms with Crippen molar-refractivity contribution in [3.63, 3.8) is 0 Å². The van der Waals surface area contributed by atoms with Gasteiger partial charge in [-0.1, -0.05) is 0 Å². The van der Waals surface area contributed by atoms with Gasteiger partial charge in [-0.3, -0.25) is 0 Å². The van der Waals surface area contributed by atoms with E-state index in [4.69, 9.17) is 9.47 Å². The number of carbonyl (C=O) groups excluding carboxylic acids is 1. The average molecular weight is 221 g/mol. The lowest BCUT2D eigenvalue weighted by atomic mass is 10.1. The number of methoxy groups -OCH3 is 1. The molecule has 1 aliphatic heterocycles. The van der Waals surface area contributed by atoms with Crippen molar-refractivity contribution in [3.8, 4) is 0 Å². The summed E-state index contributed by atoms with van der Waals surface area (Å²) in [7, 11) is 1.58. The quantitative estimate of drug-likeness (QED) is 0.789. The lowest BCUT2D eigenvalue weighted by molar-refractivity contribution is -0.145. The third kappa shape index (κ3) is 2.66. The molecule has 1 N–H and O–H groups in total. The molecule has 0 spiro atoms. The molecule has 4 nitrogen and oxygen atoms in total. The summed E-state index contributed by atoms with van der Waals surface area (Å²) in [6, 6.07) is 3.99. The summed E-state index contributed by atoms with van der Waals surface area (Å²) in [6.45, 7) is 0. The molecule has 0 saturated carbocycles. The van der Waals surface area contributed by atoms with Crippen molar-refractivity contribution in [1.29, 1.82) is 0 Å². The lowest BCUT2D eigenvalue weighted by Crippen LogP contribution is -2.23. The van der Waals surface area contributed by atoms with E-state index >= 15 is 0 Å². The van der Waals surface area contributed by atoms with Crippen molar-refractivity contribution in [2.75, 3.05) is 7.11 Å². The van der Waals surface area contributed by atoms with Gasteiger partial charge in [-0.05, 0) is 25.0 Å². The number of hydrogen-bond donors (Lipinski definition) is 1. The van der Waals surface area contributed by atoms with Gasteiger partial charge in [0.15, 0.2) is 0 Å². The molecule has 0 aliphatic carbocycles. The number of aryl methyl sites for hydroxylation is 1. The van der Waals surface area contributed by atoms with Crippen LogP contribution in [0.1, 0.15) is 18.5 Å². The maximum Gasteiger partial charge on any atom is 0.334 e. The van der Waals surface area contributed by atoms with Crippen molar-refractivity contribution in [1.82, 2.24) is 4.98 Å². The number of rotatable bonds is 4. The molecule has 2 heterocycles. The molecule has 1 aromatic rings. The Morgan fingerprint density at radius 1 is 1.62 bits per heavy atom. The van der Waals surface area contributed by atoms with E-state index in [1.165, 1.54) is 6.08 Å². The van der Waals surface area contributed by atoms with Crippen LogP contribution in [0.4, 0.5) is 0 Å². The summed E-state index contributed by atoms with van der Waals surface area (Å²) >= 11 is 0. The van der Waals surface area contributed by atoms with E-state index in [9.17, 15) is 4.79 Å². The van der Waals surface area contributed by atoms with Crippen molar-refractivity contribution in [2.24, 2.45) is 0 Å². The molecule has 0 amide bonds. The van der Waals surface area contributed by atoms with Crippen LogP contribution in [0.25, 0.3) is 0 Å². The summed E-state index contributed by atoms with van der Waals surface area (Å²) in [5.41, 5.74) is 1.16. The second kappa shape index (κ2) is 4.88. The Morgan fingerprint density at radius 2 is 2.50 bits per heavy atom. The standard InChI is InChI=1S/C12H15NO3/c1-15-11-7-10(16-12(14)8-11)5-4-9-3-2-6-13-9/h2-3,6,8,10,13H,4-5,7H2,1H3. The first-order valence-electron chi connectivity index (χ1n) is 5.35. The van der Waals surface area contributed by atoms with Gasteiger partial charge in [0.1, 0.15) is 11.9 Å². The minimum Gasteiger partial charge on any atom is -0.501 e. The smallest absolute Gasteiger partial charge is 0.334 e. The highest BCUT2D eigenvalue weighted by Crippen LogP contribution is 2.19. The average Bonchev–Trinajstić information content (AvgIpc) is 2.78. The van der Waals surface area contributed by atoms with Crippen LogP contribution < -0.4 is 0 Å². The van der Waals surface area contributed by atoms with Crippen LogP contribution in [0.15, 0.2) is 30.2 Å². The van der Waals surface area contributed by atoms with Gasteiger partial charge in [0, 0.05) is 18.3 Å². The second-order valence-corrected chi connectivity index (χ2v) is 3.81. The highest BCUT2D eigenvalue weighted by atomic mass is 16.5. The normalized spacial score (nSPS) is 20.2. The number of carbonyl (C=O) groups is 1. The Labute approximate surface area is 94.3 Å². The Kier molecular flexibility index (Phi) is 3.29. The minimum atomic E-state index is -0.306. The van der Waals surface area contributed by atoms with E-state index in [0.717, 1.165) is 18.5 Å². The zero-order chi connectivity index (χ0) is 11.4. The zero-order valence-electron chi connectivity index (χ0n) is 9.23. The maximum atomic E-state index is 11.2. The molecule has 1 aromatic heterocycles. The zero-order valence-corrected chi connectivity index (χ0v) is 9.23. The maximum absolute atomic E-state index is 11.2. The molecule has 0 radical (unpaired) electrons. The van der Waals surface area contributed by atoms with Gasteiger partial charge in [-0.25, -0.2) is 4.79 Å². The highest BCUT2D eigenvalue weighted by Gasteiger charge is 2.21. The van der Waals surface area contributed by atoms with Gasteiger partial charge in [-0.15, -0.1) is 0 Å². The van der Waals surface area contributed by atoms with Gasteiger partial charge >= 0.3 is 5.97 Å². The number of nitrogens with one attached hydrogen (secondary N) is 1. The minimum absolute atomic E-state index is 0.0734. The SMILES string of the molecule is COC1=CC(=O)OC(CCc2ccc[nH]2)C1.